The molecule has 0 heterocycles. The third-order valence-electron chi connectivity index (χ3n) is 3.80. The number of halogens is 1. The molecule has 0 radical (unpaired) electrons. The lowest BCUT2D eigenvalue weighted by atomic mass is 10.2. The van der Waals surface area contributed by atoms with Crippen LogP contribution < -0.4 is 25.4 Å². The molecule has 0 saturated carbocycles. The number of nitrogens with one attached hydrogen (secondary N) is 1. The van der Waals surface area contributed by atoms with Crippen molar-refractivity contribution in [1.29, 1.82) is 0 Å². The van der Waals surface area contributed by atoms with Crippen LogP contribution in [0.25, 0.3) is 0 Å². The number of para-hydroxylation sites is 1. The molecule has 6 nitrogen and oxygen atoms in total. The lowest BCUT2D eigenvalue weighted by molar-refractivity contribution is -0.119. The smallest absolute Gasteiger partial charge is 0.255 e. The van der Waals surface area contributed by atoms with E-state index in [2.05, 4.69) is 29.4 Å². The van der Waals surface area contributed by atoms with E-state index in [0.717, 1.165) is 18.7 Å². The Bertz CT molecular complexity index is 725. The molecule has 0 saturated heterocycles. The van der Waals surface area contributed by atoms with Crippen molar-refractivity contribution in [1.82, 2.24) is 5.32 Å². The summed E-state index contributed by atoms with van der Waals surface area (Å²) in [5.74, 6) is 0.217. The fraction of sp³-hybridized carbons (Fsp3) is 0.316. The molecular formula is C19H24ClN3O3. The van der Waals surface area contributed by atoms with E-state index in [0.29, 0.717) is 23.1 Å². The third-order valence-corrected chi connectivity index (χ3v) is 4.08. The van der Waals surface area contributed by atoms with Crippen LogP contribution in [-0.2, 0) is 11.3 Å². The van der Waals surface area contributed by atoms with Gasteiger partial charge in [-0.25, -0.2) is 0 Å². The largest absolute Gasteiger partial charge is 0.493 e. The number of amides is 1. The Hall–Kier alpha value is -2.44. The number of hydrogen-bond donors (Lipinski definition) is 2. The summed E-state index contributed by atoms with van der Waals surface area (Å²) in [6.45, 7) is 2.06. The summed E-state index contributed by atoms with van der Waals surface area (Å²) in [5.41, 5.74) is 7.23. The maximum atomic E-state index is 10.9. The van der Waals surface area contributed by atoms with E-state index in [1.54, 1.807) is 6.07 Å². The number of anilines is 1. The minimum Gasteiger partial charge on any atom is -0.493 e. The highest BCUT2D eigenvalue weighted by molar-refractivity contribution is 6.32. The summed E-state index contributed by atoms with van der Waals surface area (Å²) in [6.07, 6.45) is 0. The summed E-state index contributed by atoms with van der Waals surface area (Å²) < 4.78 is 10.6. The Morgan fingerprint density at radius 1 is 1.27 bits per heavy atom. The van der Waals surface area contributed by atoms with Gasteiger partial charge in [0.25, 0.3) is 5.91 Å². The first-order chi connectivity index (χ1) is 12.5. The maximum Gasteiger partial charge on any atom is 0.255 e. The van der Waals surface area contributed by atoms with E-state index in [9.17, 15) is 4.79 Å². The van der Waals surface area contributed by atoms with Crippen LogP contribution in [0, 0.1) is 0 Å². The first-order valence-electron chi connectivity index (χ1n) is 8.25. The molecule has 0 aliphatic rings. The van der Waals surface area contributed by atoms with Crippen molar-refractivity contribution in [2.24, 2.45) is 5.73 Å². The van der Waals surface area contributed by atoms with Crippen molar-refractivity contribution < 1.29 is 14.3 Å². The minimum atomic E-state index is -0.573. The van der Waals surface area contributed by atoms with E-state index >= 15 is 0 Å². The van der Waals surface area contributed by atoms with Gasteiger partial charge in [-0.2, -0.15) is 0 Å². The Balaban J connectivity index is 1.89. The van der Waals surface area contributed by atoms with Gasteiger partial charge in [0.1, 0.15) is 0 Å². The number of methoxy groups -OCH3 is 1. The average molecular weight is 378 g/mol. The van der Waals surface area contributed by atoms with Gasteiger partial charge in [0.2, 0.25) is 0 Å². The highest BCUT2D eigenvalue weighted by atomic mass is 35.5. The van der Waals surface area contributed by atoms with Crippen molar-refractivity contribution >= 4 is 23.2 Å². The molecule has 0 atom stereocenters. The molecule has 0 aliphatic heterocycles. The number of hydrogen-bond acceptors (Lipinski definition) is 5. The van der Waals surface area contributed by atoms with Gasteiger partial charge in [-0.15, -0.1) is 0 Å². The summed E-state index contributed by atoms with van der Waals surface area (Å²) in [6, 6.07) is 13.8. The van der Waals surface area contributed by atoms with Gasteiger partial charge in [0.15, 0.2) is 18.1 Å². The number of nitrogens with two attached hydrogens (primary N) is 1. The van der Waals surface area contributed by atoms with Crippen LogP contribution in [0.15, 0.2) is 42.5 Å². The zero-order chi connectivity index (χ0) is 18.9. The molecule has 0 aliphatic carbocycles. The molecule has 0 spiro atoms. The number of carbonyl (C=O) groups excluding carboxylic acids is 1. The lowest BCUT2D eigenvalue weighted by Crippen LogP contribution is -2.28. The van der Waals surface area contributed by atoms with E-state index in [4.69, 9.17) is 26.8 Å². The quantitative estimate of drug-likeness (QED) is 0.622. The predicted octanol–water partition coefficient (Wildman–Crippen LogP) is 2.44. The third kappa shape index (κ3) is 5.82. The highest BCUT2D eigenvalue weighted by Crippen LogP contribution is 2.36. The summed E-state index contributed by atoms with van der Waals surface area (Å²) in [7, 11) is 3.58. The number of benzene rings is 2. The van der Waals surface area contributed by atoms with E-state index in [1.807, 2.05) is 24.3 Å². The topological polar surface area (TPSA) is 76.8 Å². The van der Waals surface area contributed by atoms with Gasteiger partial charge in [-0.1, -0.05) is 29.8 Å². The fourth-order valence-corrected chi connectivity index (χ4v) is 2.74. The van der Waals surface area contributed by atoms with Crippen molar-refractivity contribution in [3.63, 3.8) is 0 Å². The van der Waals surface area contributed by atoms with Crippen LogP contribution >= 0.6 is 11.6 Å². The first-order valence-corrected chi connectivity index (χ1v) is 8.63. The van der Waals surface area contributed by atoms with E-state index in [1.165, 1.54) is 12.8 Å². The summed E-state index contributed by atoms with van der Waals surface area (Å²) in [4.78, 5) is 13.1. The second-order valence-electron chi connectivity index (χ2n) is 5.80. The Morgan fingerprint density at radius 2 is 2.00 bits per heavy atom. The molecule has 0 aromatic heterocycles. The Morgan fingerprint density at radius 3 is 2.65 bits per heavy atom. The van der Waals surface area contributed by atoms with Gasteiger partial charge >= 0.3 is 0 Å². The molecule has 0 bridgehead atoms. The number of ether oxygens (including phenoxy) is 2. The van der Waals surface area contributed by atoms with Crippen LogP contribution in [0.4, 0.5) is 5.69 Å². The predicted molar refractivity (Wildman–Crippen MR) is 104 cm³/mol. The monoisotopic (exact) mass is 377 g/mol. The van der Waals surface area contributed by atoms with Crippen LogP contribution in [-0.4, -0.2) is 39.8 Å². The molecule has 1 amide bonds. The second kappa shape index (κ2) is 9.89. The number of primary amides is 1. The van der Waals surface area contributed by atoms with Gasteiger partial charge in [-0.05, 0) is 29.8 Å². The highest BCUT2D eigenvalue weighted by Gasteiger charge is 2.13. The van der Waals surface area contributed by atoms with Crippen LogP contribution in [0.1, 0.15) is 5.56 Å². The zero-order valence-corrected chi connectivity index (χ0v) is 15.8. The average Bonchev–Trinajstić information content (AvgIpc) is 2.64. The second-order valence-corrected chi connectivity index (χ2v) is 6.21. The minimum absolute atomic E-state index is 0.250. The molecule has 2 aromatic rings. The van der Waals surface area contributed by atoms with Crippen molar-refractivity contribution in [2.45, 2.75) is 6.54 Å². The lowest BCUT2D eigenvalue weighted by Gasteiger charge is -2.19. The van der Waals surface area contributed by atoms with Crippen LogP contribution in [0.3, 0.4) is 0 Å². The van der Waals surface area contributed by atoms with Gasteiger partial charge in [-0.3, -0.25) is 4.79 Å². The molecule has 3 N–H and O–H groups in total. The summed E-state index contributed by atoms with van der Waals surface area (Å²) >= 11 is 6.25. The normalized spacial score (nSPS) is 10.4. The first kappa shape index (κ1) is 19.9. The molecular weight excluding hydrogens is 354 g/mol. The molecule has 7 heteroatoms. The molecule has 2 rings (SSSR count). The van der Waals surface area contributed by atoms with Crippen molar-refractivity contribution in [3.05, 3.63) is 53.1 Å². The van der Waals surface area contributed by atoms with E-state index in [-0.39, 0.29) is 6.61 Å². The van der Waals surface area contributed by atoms with Crippen molar-refractivity contribution in [2.75, 3.05) is 38.8 Å². The van der Waals surface area contributed by atoms with Gasteiger partial charge in [0.05, 0.1) is 12.1 Å². The Kier molecular flexibility index (Phi) is 7.56. The molecule has 2 aromatic carbocycles. The maximum absolute atomic E-state index is 10.9. The molecule has 140 valence electrons. The van der Waals surface area contributed by atoms with Crippen molar-refractivity contribution in [3.8, 4) is 11.5 Å². The number of carbonyl (C=O) groups is 1. The Labute approximate surface area is 158 Å². The molecule has 0 unspecified atom stereocenters. The number of likely N-dealkylation sites (N-methyl/N-ethyl adjacent to an activating group) is 1. The molecule has 26 heavy (non-hydrogen) atoms. The summed E-state index contributed by atoms with van der Waals surface area (Å²) in [5, 5.41) is 3.76. The SMILES string of the molecule is COc1cc(CNCCN(C)c2ccccc2)cc(Cl)c1OCC(N)=O. The van der Waals surface area contributed by atoms with Crippen LogP contribution in [0.2, 0.25) is 5.02 Å². The van der Waals surface area contributed by atoms with Gasteiger partial charge in [0, 0.05) is 32.4 Å². The van der Waals surface area contributed by atoms with Gasteiger partial charge < -0.3 is 25.4 Å². The van der Waals surface area contributed by atoms with Crippen LogP contribution in [0.5, 0.6) is 11.5 Å². The standard InChI is InChI=1S/C19H24ClN3O3/c1-23(15-6-4-3-5-7-15)9-8-22-12-14-10-16(20)19(17(11-14)25-2)26-13-18(21)24/h3-7,10-11,22H,8-9,12-13H2,1-2H3,(H2,21,24). The van der Waals surface area contributed by atoms with E-state index < -0.39 is 5.91 Å². The number of rotatable bonds is 10. The zero-order valence-electron chi connectivity index (χ0n) is 15.0. The molecule has 0 fully saturated rings. The number of nitrogens with zero attached hydrogens (tertiary/aromatic N) is 1. The fourth-order valence-electron chi connectivity index (χ4n) is 2.45.